The summed E-state index contributed by atoms with van der Waals surface area (Å²) in [6.45, 7) is 1.30. The lowest BCUT2D eigenvalue weighted by Gasteiger charge is -2.10. The van der Waals surface area contributed by atoms with E-state index in [0.29, 0.717) is 12.1 Å². The normalized spacial score (nSPS) is 18.3. The average molecular weight is 275 g/mol. The number of rotatable bonds is 5. The topological polar surface area (TPSA) is 75.6 Å². The zero-order valence-corrected chi connectivity index (χ0v) is 11.0. The van der Waals surface area contributed by atoms with E-state index in [1.54, 1.807) is 24.3 Å². The first-order chi connectivity index (χ1) is 9.65. The van der Waals surface area contributed by atoms with Crippen molar-refractivity contribution in [3.8, 4) is 0 Å². The summed E-state index contributed by atoms with van der Waals surface area (Å²) in [7, 11) is 0. The number of amides is 1. The van der Waals surface area contributed by atoms with E-state index in [9.17, 15) is 9.59 Å². The Morgan fingerprint density at radius 3 is 2.70 bits per heavy atom. The van der Waals surface area contributed by atoms with Crippen molar-refractivity contribution in [2.24, 2.45) is 0 Å². The fourth-order valence-electron chi connectivity index (χ4n) is 2.03. The highest BCUT2D eigenvalue weighted by Crippen LogP contribution is 2.11. The van der Waals surface area contributed by atoms with Crippen LogP contribution in [-0.2, 0) is 9.53 Å². The molecular weight excluding hydrogens is 258 g/mol. The summed E-state index contributed by atoms with van der Waals surface area (Å²) in [6.07, 6.45) is 4.70. The number of ether oxygens (including phenoxy) is 1. The van der Waals surface area contributed by atoms with Crippen LogP contribution in [0.2, 0.25) is 0 Å². The maximum atomic E-state index is 11.9. The van der Waals surface area contributed by atoms with Gasteiger partial charge in [-0.3, -0.25) is 4.79 Å². The van der Waals surface area contributed by atoms with Gasteiger partial charge < -0.3 is 15.2 Å². The van der Waals surface area contributed by atoms with Crippen molar-refractivity contribution in [2.75, 3.05) is 13.2 Å². The van der Waals surface area contributed by atoms with Gasteiger partial charge in [0.2, 0.25) is 0 Å². The van der Waals surface area contributed by atoms with Gasteiger partial charge in [-0.05, 0) is 36.6 Å². The first-order valence-electron chi connectivity index (χ1n) is 6.56. The Hall–Kier alpha value is -2.14. The lowest BCUT2D eigenvalue weighted by Crippen LogP contribution is -2.31. The maximum absolute atomic E-state index is 11.9. The van der Waals surface area contributed by atoms with Crippen LogP contribution in [-0.4, -0.2) is 36.2 Å². The van der Waals surface area contributed by atoms with E-state index in [2.05, 4.69) is 5.32 Å². The Morgan fingerprint density at radius 2 is 2.10 bits per heavy atom. The number of benzene rings is 1. The van der Waals surface area contributed by atoms with Gasteiger partial charge in [0.25, 0.3) is 5.91 Å². The predicted molar refractivity (Wildman–Crippen MR) is 74.4 cm³/mol. The lowest BCUT2D eigenvalue weighted by molar-refractivity contribution is -0.131. The second-order valence-electron chi connectivity index (χ2n) is 4.64. The molecule has 1 heterocycles. The summed E-state index contributed by atoms with van der Waals surface area (Å²) in [4.78, 5) is 22.3. The van der Waals surface area contributed by atoms with Gasteiger partial charge in [0, 0.05) is 24.8 Å². The van der Waals surface area contributed by atoms with Gasteiger partial charge in [0.05, 0.1) is 6.10 Å². The van der Waals surface area contributed by atoms with Gasteiger partial charge in [-0.15, -0.1) is 0 Å². The standard InChI is InChI=1S/C15H17NO4/c17-14(18)8-5-11-3-6-12(7-4-11)15(19)16-10-13-2-1-9-20-13/h3-8,13H,1-2,9-10H2,(H,16,19)(H,17,18)/b8-5+. The molecule has 1 unspecified atom stereocenters. The predicted octanol–water partition coefficient (Wildman–Crippen LogP) is 1.69. The number of aliphatic carboxylic acids is 1. The molecule has 20 heavy (non-hydrogen) atoms. The molecule has 0 spiro atoms. The molecule has 0 aliphatic carbocycles. The minimum absolute atomic E-state index is 0.122. The first kappa shape index (κ1) is 14.3. The van der Waals surface area contributed by atoms with Crippen LogP contribution in [0.15, 0.2) is 30.3 Å². The molecule has 0 radical (unpaired) electrons. The summed E-state index contributed by atoms with van der Waals surface area (Å²) in [5.74, 6) is -1.14. The molecule has 1 saturated heterocycles. The van der Waals surface area contributed by atoms with Crippen molar-refractivity contribution in [1.29, 1.82) is 0 Å². The molecule has 1 amide bonds. The minimum Gasteiger partial charge on any atom is -0.478 e. The number of carbonyl (C=O) groups is 2. The molecule has 2 N–H and O–H groups in total. The molecule has 1 aromatic carbocycles. The Morgan fingerprint density at radius 1 is 1.35 bits per heavy atom. The third-order valence-corrected chi connectivity index (χ3v) is 3.11. The van der Waals surface area contributed by atoms with Crippen molar-refractivity contribution in [3.63, 3.8) is 0 Å². The van der Waals surface area contributed by atoms with Crippen molar-refractivity contribution < 1.29 is 19.4 Å². The first-order valence-corrected chi connectivity index (χ1v) is 6.56. The molecule has 1 atom stereocenters. The van der Waals surface area contributed by atoms with Crippen molar-refractivity contribution in [3.05, 3.63) is 41.5 Å². The zero-order valence-electron chi connectivity index (χ0n) is 11.0. The highest BCUT2D eigenvalue weighted by Gasteiger charge is 2.16. The molecule has 0 bridgehead atoms. The molecule has 1 aliphatic rings. The molecular formula is C15H17NO4. The molecule has 5 heteroatoms. The molecule has 0 saturated carbocycles. The lowest BCUT2D eigenvalue weighted by atomic mass is 10.1. The molecule has 1 aromatic rings. The minimum atomic E-state index is -0.997. The fourth-order valence-corrected chi connectivity index (χ4v) is 2.03. The number of hydrogen-bond acceptors (Lipinski definition) is 3. The SMILES string of the molecule is O=C(O)/C=C/c1ccc(C(=O)NCC2CCCO2)cc1. The van der Waals surface area contributed by atoms with Crippen LogP contribution in [0, 0.1) is 0 Å². The van der Waals surface area contributed by atoms with Crippen LogP contribution in [0.25, 0.3) is 6.08 Å². The smallest absolute Gasteiger partial charge is 0.328 e. The summed E-state index contributed by atoms with van der Waals surface area (Å²) >= 11 is 0. The average Bonchev–Trinajstić information content (AvgIpc) is 2.96. The Balaban J connectivity index is 1.88. The van der Waals surface area contributed by atoms with Crippen molar-refractivity contribution >= 4 is 18.0 Å². The maximum Gasteiger partial charge on any atom is 0.328 e. The van der Waals surface area contributed by atoms with Gasteiger partial charge >= 0.3 is 5.97 Å². The van der Waals surface area contributed by atoms with Crippen LogP contribution in [0.3, 0.4) is 0 Å². The molecule has 1 fully saturated rings. The number of hydrogen-bond donors (Lipinski definition) is 2. The summed E-state index contributed by atoms with van der Waals surface area (Å²) in [5.41, 5.74) is 1.29. The summed E-state index contributed by atoms with van der Waals surface area (Å²) < 4.78 is 5.43. The second kappa shape index (κ2) is 6.86. The molecule has 5 nitrogen and oxygen atoms in total. The molecule has 1 aliphatic heterocycles. The molecule has 106 valence electrons. The second-order valence-corrected chi connectivity index (χ2v) is 4.64. The van der Waals surface area contributed by atoms with Crippen LogP contribution in [0.4, 0.5) is 0 Å². The van der Waals surface area contributed by atoms with Crippen LogP contribution < -0.4 is 5.32 Å². The van der Waals surface area contributed by atoms with E-state index in [4.69, 9.17) is 9.84 Å². The van der Waals surface area contributed by atoms with Gasteiger partial charge in [-0.25, -0.2) is 4.79 Å². The van der Waals surface area contributed by atoms with Gasteiger partial charge in [0.1, 0.15) is 0 Å². The Kier molecular flexibility index (Phi) is 4.90. The monoisotopic (exact) mass is 275 g/mol. The van der Waals surface area contributed by atoms with E-state index < -0.39 is 5.97 Å². The van der Waals surface area contributed by atoms with Gasteiger partial charge in [-0.1, -0.05) is 12.1 Å². The Labute approximate surface area is 117 Å². The fraction of sp³-hybridized carbons (Fsp3) is 0.333. The zero-order chi connectivity index (χ0) is 14.4. The molecule has 0 aromatic heterocycles. The van der Waals surface area contributed by atoms with Crippen LogP contribution in [0.5, 0.6) is 0 Å². The van der Waals surface area contributed by atoms with E-state index in [0.717, 1.165) is 31.1 Å². The van der Waals surface area contributed by atoms with E-state index in [-0.39, 0.29) is 12.0 Å². The van der Waals surface area contributed by atoms with Crippen LogP contribution in [0.1, 0.15) is 28.8 Å². The third kappa shape index (κ3) is 4.20. The van der Waals surface area contributed by atoms with Crippen molar-refractivity contribution in [2.45, 2.75) is 18.9 Å². The van der Waals surface area contributed by atoms with E-state index in [1.165, 1.54) is 6.08 Å². The number of nitrogens with one attached hydrogen (secondary N) is 1. The van der Waals surface area contributed by atoms with Crippen LogP contribution >= 0.6 is 0 Å². The van der Waals surface area contributed by atoms with E-state index in [1.807, 2.05) is 0 Å². The van der Waals surface area contributed by atoms with E-state index >= 15 is 0 Å². The summed E-state index contributed by atoms with van der Waals surface area (Å²) in [5, 5.41) is 11.4. The molecule has 2 rings (SSSR count). The summed E-state index contributed by atoms with van der Waals surface area (Å²) in [6, 6.07) is 6.76. The Bertz CT molecular complexity index is 501. The highest BCUT2D eigenvalue weighted by atomic mass is 16.5. The largest absolute Gasteiger partial charge is 0.478 e. The van der Waals surface area contributed by atoms with Gasteiger partial charge in [0.15, 0.2) is 0 Å². The third-order valence-electron chi connectivity index (χ3n) is 3.11. The number of carbonyl (C=O) groups excluding carboxylic acids is 1. The number of carboxylic acid groups (broad SMARTS) is 1. The number of carboxylic acids is 1. The van der Waals surface area contributed by atoms with Gasteiger partial charge in [-0.2, -0.15) is 0 Å². The highest BCUT2D eigenvalue weighted by molar-refractivity contribution is 5.94. The quantitative estimate of drug-likeness (QED) is 0.802. The van der Waals surface area contributed by atoms with Crippen molar-refractivity contribution in [1.82, 2.24) is 5.32 Å².